The fourth-order valence-corrected chi connectivity index (χ4v) is 5.73. The fourth-order valence-electron chi connectivity index (χ4n) is 5.48. The van der Waals surface area contributed by atoms with Crippen molar-refractivity contribution in [1.29, 1.82) is 5.26 Å². The van der Waals surface area contributed by atoms with Crippen molar-refractivity contribution in [1.82, 2.24) is 10.3 Å². The van der Waals surface area contributed by atoms with E-state index in [0.717, 1.165) is 11.0 Å². The third-order valence-corrected chi connectivity index (χ3v) is 7.68. The molecule has 2 fully saturated rings. The lowest BCUT2D eigenvalue weighted by Crippen LogP contribution is -2.63. The Hall–Kier alpha value is -4.43. The molecule has 1 saturated carbocycles. The zero-order valence-corrected chi connectivity index (χ0v) is 22.2. The normalized spacial score (nSPS) is 20.6. The van der Waals surface area contributed by atoms with Gasteiger partial charge in [-0.15, -0.1) is 0 Å². The zero-order chi connectivity index (χ0) is 29.4. The Kier molecular flexibility index (Phi) is 7.44. The van der Waals surface area contributed by atoms with Crippen molar-refractivity contribution < 1.29 is 27.6 Å². The molecule has 1 aromatic heterocycles. The van der Waals surface area contributed by atoms with Crippen molar-refractivity contribution >= 4 is 40.8 Å². The van der Waals surface area contributed by atoms with E-state index in [9.17, 15) is 32.8 Å². The summed E-state index contributed by atoms with van der Waals surface area (Å²) < 4.78 is 41.3. The van der Waals surface area contributed by atoms with Gasteiger partial charge in [0.1, 0.15) is 17.2 Å². The molecule has 1 aliphatic carbocycles. The number of hydrogen-bond donors (Lipinski definition) is 2. The molecule has 8 nitrogen and oxygen atoms in total. The van der Waals surface area contributed by atoms with Crippen molar-refractivity contribution in [3.05, 3.63) is 88.8 Å². The molecule has 1 saturated heterocycles. The van der Waals surface area contributed by atoms with Gasteiger partial charge in [0, 0.05) is 42.2 Å². The summed E-state index contributed by atoms with van der Waals surface area (Å²) in [5, 5.41) is 14.8. The van der Waals surface area contributed by atoms with E-state index in [1.807, 2.05) is 6.07 Å². The SMILES string of the molecule is N#Cc1ccnc(N2C(=O)CCC2(C(=O)Nc2cccc(F)c2)[C@@H](C(=O)NC2CC(F)(F)C2)c2ccccc2Cl)c1. The van der Waals surface area contributed by atoms with Gasteiger partial charge in [-0.1, -0.05) is 35.9 Å². The first kappa shape index (κ1) is 28.1. The number of nitrogens with zero attached hydrogens (tertiary/aromatic N) is 3. The van der Waals surface area contributed by atoms with Gasteiger partial charge in [-0.3, -0.25) is 19.3 Å². The molecule has 0 bridgehead atoms. The molecule has 0 radical (unpaired) electrons. The number of pyridine rings is 1. The minimum absolute atomic E-state index is 0.0596. The third-order valence-electron chi connectivity index (χ3n) is 7.34. The second kappa shape index (κ2) is 10.9. The van der Waals surface area contributed by atoms with Gasteiger partial charge in [-0.25, -0.2) is 18.2 Å². The lowest BCUT2D eigenvalue weighted by atomic mass is 9.74. The Balaban J connectivity index is 1.69. The minimum Gasteiger partial charge on any atom is -0.352 e. The second-order valence-corrected chi connectivity index (χ2v) is 10.5. The highest BCUT2D eigenvalue weighted by Crippen LogP contribution is 2.47. The number of amides is 3. The molecule has 2 heterocycles. The average molecular weight is 582 g/mol. The van der Waals surface area contributed by atoms with E-state index in [1.54, 1.807) is 12.1 Å². The van der Waals surface area contributed by atoms with Crippen LogP contribution in [0.25, 0.3) is 0 Å². The smallest absolute Gasteiger partial charge is 0.252 e. The molecular formula is C29H23ClF3N5O3. The van der Waals surface area contributed by atoms with E-state index >= 15 is 0 Å². The molecule has 41 heavy (non-hydrogen) atoms. The Morgan fingerprint density at radius 1 is 1.12 bits per heavy atom. The lowest BCUT2D eigenvalue weighted by Gasteiger charge is -2.43. The van der Waals surface area contributed by atoms with Crippen LogP contribution in [0.15, 0.2) is 66.9 Å². The first-order chi connectivity index (χ1) is 19.5. The summed E-state index contributed by atoms with van der Waals surface area (Å²) >= 11 is 6.55. The number of alkyl halides is 2. The van der Waals surface area contributed by atoms with Gasteiger partial charge in [-0.05, 0) is 48.4 Å². The molecule has 5 rings (SSSR count). The summed E-state index contributed by atoms with van der Waals surface area (Å²) in [5.74, 6) is -7.35. The summed E-state index contributed by atoms with van der Waals surface area (Å²) in [6.45, 7) is 0. The summed E-state index contributed by atoms with van der Waals surface area (Å²) in [4.78, 5) is 47.2. The predicted octanol–water partition coefficient (Wildman–Crippen LogP) is 4.95. The molecule has 1 unspecified atom stereocenters. The molecule has 2 aliphatic rings. The zero-order valence-electron chi connectivity index (χ0n) is 21.4. The standard InChI is InChI=1S/C29H23ClF3N5O3/c30-22-7-2-1-6-21(22)25(26(40)36-20-14-28(32,33)15-20)29(27(41)37-19-5-3-4-18(31)13-19)10-8-24(39)38(29)23-12-17(16-34)9-11-35-23/h1-7,9,11-13,20,25H,8,10,14-15H2,(H,36,40)(H,37,41)/t25-,29?/m1/s1. The number of aromatic nitrogens is 1. The highest BCUT2D eigenvalue weighted by atomic mass is 35.5. The van der Waals surface area contributed by atoms with Gasteiger partial charge in [0.2, 0.25) is 11.8 Å². The van der Waals surface area contributed by atoms with Crippen molar-refractivity contribution in [3.63, 3.8) is 0 Å². The number of nitriles is 1. The monoisotopic (exact) mass is 581 g/mol. The molecule has 210 valence electrons. The first-order valence-corrected chi connectivity index (χ1v) is 13.1. The van der Waals surface area contributed by atoms with E-state index in [1.165, 1.54) is 48.7 Å². The lowest BCUT2D eigenvalue weighted by molar-refractivity contribution is -0.136. The number of nitrogens with one attached hydrogen (secondary N) is 2. The van der Waals surface area contributed by atoms with Crippen LogP contribution >= 0.6 is 11.6 Å². The summed E-state index contributed by atoms with van der Waals surface area (Å²) in [5.41, 5.74) is -1.66. The number of rotatable bonds is 7. The van der Waals surface area contributed by atoms with Crippen LogP contribution in [0.4, 0.5) is 24.7 Å². The second-order valence-electron chi connectivity index (χ2n) is 10.1. The van der Waals surface area contributed by atoms with Crippen molar-refractivity contribution in [3.8, 4) is 6.07 Å². The van der Waals surface area contributed by atoms with Crippen molar-refractivity contribution in [2.75, 3.05) is 10.2 Å². The number of anilines is 2. The predicted molar refractivity (Wildman–Crippen MR) is 144 cm³/mol. The van der Waals surface area contributed by atoms with Crippen molar-refractivity contribution in [2.24, 2.45) is 0 Å². The van der Waals surface area contributed by atoms with E-state index in [0.29, 0.717) is 0 Å². The molecule has 2 N–H and O–H groups in total. The van der Waals surface area contributed by atoms with Gasteiger partial charge in [0.15, 0.2) is 0 Å². The van der Waals surface area contributed by atoms with Crippen LogP contribution in [0.1, 0.15) is 42.7 Å². The Bertz CT molecular complexity index is 1570. The molecule has 2 aromatic carbocycles. The fraction of sp³-hybridized carbons (Fsp3) is 0.276. The highest BCUT2D eigenvalue weighted by molar-refractivity contribution is 6.32. The topological polar surface area (TPSA) is 115 Å². The first-order valence-electron chi connectivity index (χ1n) is 12.7. The minimum atomic E-state index is -2.93. The van der Waals surface area contributed by atoms with Crippen LogP contribution < -0.4 is 15.5 Å². The third kappa shape index (κ3) is 5.35. The van der Waals surface area contributed by atoms with Crippen LogP contribution in [-0.2, 0) is 14.4 Å². The maximum atomic E-state index is 14.4. The highest BCUT2D eigenvalue weighted by Gasteiger charge is 2.61. The maximum Gasteiger partial charge on any atom is 0.252 e. The Morgan fingerprint density at radius 3 is 2.56 bits per heavy atom. The van der Waals surface area contributed by atoms with Gasteiger partial charge in [0.25, 0.3) is 11.8 Å². The molecule has 12 heteroatoms. The van der Waals surface area contributed by atoms with Gasteiger partial charge < -0.3 is 10.6 Å². The van der Waals surface area contributed by atoms with Crippen LogP contribution in [0, 0.1) is 17.1 Å². The maximum absolute atomic E-state index is 14.4. The van der Waals surface area contributed by atoms with Crippen LogP contribution in [0.2, 0.25) is 5.02 Å². The Labute approximate surface area is 238 Å². The number of halogens is 4. The van der Waals surface area contributed by atoms with E-state index in [-0.39, 0.29) is 40.5 Å². The van der Waals surface area contributed by atoms with Crippen molar-refractivity contribution in [2.45, 2.75) is 49.1 Å². The quantitative estimate of drug-likeness (QED) is 0.410. The average Bonchev–Trinajstić information content (AvgIpc) is 3.26. The molecular weight excluding hydrogens is 559 g/mol. The van der Waals surface area contributed by atoms with Gasteiger partial charge in [0.05, 0.1) is 17.6 Å². The van der Waals surface area contributed by atoms with Crippen LogP contribution in [-0.4, -0.2) is 40.2 Å². The number of benzene rings is 2. The van der Waals surface area contributed by atoms with Gasteiger partial charge >= 0.3 is 0 Å². The molecule has 2 atom stereocenters. The largest absolute Gasteiger partial charge is 0.352 e. The van der Waals surface area contributed by atoms with Gasteiger partial charge in [-0.2, -0.15) is 5.26 Å². The molecule has 3 amide bonds. The number of carbonyl (C=O) groups is 3. The van der Waals surface area contributed by atoms with E-state index in [2.05, 4.69) is 15.6 Å². The van der Waals surface area contributed by atoms with Crippen LogP contribution in [0.5, 0.6) is 0 Å². The summed E-state index contributed by atoms with van der Waals surface area (Å²) in [6, 6.07) is 15.1. The van der Waals surface area contributed by atoms with E-state index in [4.69, 9.17) is 11.6 Å². The molecule has 0 spiro atoms. The molecule has 3 aromatic rings. The Morgan fingerprint density at radius 2 is 1.88 bits per heavy atom. The number of carbonyl (C=O) groups excluding carboxylic acids is 3. The summed E-state index contributed by atoms with van der Waals surface area (Å²) in [6.07, 6.45) is -0.258. The van der Waals surface area contributed by atoms with E-state index < -0.39 is 59.8 Å². The molecule has 1 aliphatic heterocycles. The van der Waals surface area contributed by atoms with Crippen LogP contribution in [0.3, 0.4) is 0 Å². The number of hydrogen-bond acceptors (Lipinski definition) is 5. The summed E-state index contributed by atoms with van der Waals surface area (Å²) in [7, 11) is 0.